The summed E-state index contributed by atoms with van der Waals surface area (Å²) in [5.41, 5.74) is 1.93. The Morgan fingerprint density at radius 3 is 2.13 bits per heavy atom. The van der Waals surface area contributed by atoms with Gasteiger partial charge in [-0.1, -0.05) is 30.3 Å². The topological polar surface area (TPSA) is 94.9 Å². The maximum Gasteiger partial charge on any atom is 0.328 e. The third-order valence-corrected chi connectivity index (χ3v) is 4.63. The fourth-order valence-corrected chi connectivity index (χ4v) is 3.22. The summed E-state index contributed by atoms with van der Waals surface area (Å²) in [5.74, 6) is -2.29. The molecule has 0 aliphatic carbocycles. The van der Waals surface area contributed by atoms with E-state index in [1.54, 1.807) is 12.1 Å². The predicted molar refractivity (Wildman–Crippen MR) is 110 cm³/mol. The molecule has 0 amide bonds. The van der Waals surface area contributed by atoms with Crippen LogP contribution in [0, 0.1) is 11.7 Å². The third-order valence-electron chi connectivity index (χ3n) is 4.63. The third kappa shape index (κ3) is 8.36. The van der Waals surface area contributed by atoms with Gasteiger partial charge in [-0.3, -0.25) is 9.69 Å². The molecule has 7 heteroatoms. The Morgan fingerprint density at radius 1 is 0.967 bits per heavy atom. The average Bonchev–Trinajstić information content (AvgIpc) is 3.15. The van der Waals surface area contributed by atoms with E-state index in [2.05, 4.69) is 29.2 Å². The van der Waals surface area contributed by atoms with Crippen molar-refractivity contribution in [3.05, 3.63) is 83.7 Å². The number of carboxylic acid groups (broad SMARTS) is 2. The first-order chi connectivity index (χ1) is 14.3. The number of ketones is 1. The van der Waals surface area contributed by atoms with Gasteiger partial charge in [0.15, 0.2) is 5.78 Å². The lowest BCUT2D eigenvalue weighted by atomic mass is 9.97. The van der Waals surface area contributed by atoms with Crippen LogP contribution in [0.4, 0.5) is 4.39 Å². The quantitative estimate of drug-likeness (QED) is 0.532. The molecule has 0 radical (unpaired) electrons. The van der Waals surface area contributed by atoms with Crippen LogP contribution in [-0.2, 0) is 16.1 Å². The van der Waals surface area contributed by atoms with Crippen LogP contribution in [-0.4, -0.2) is 45.9 Å². The lowest BCUT2D eigenvalue weighted by Gasteiger charge is -2.15. The standard InChI is InChI=1S/C19H20FNO.C4H4O4/c20-18-8-6-17(7-9-18)19(22)12-16-10-11-21(14-16)13-15-4-2-1-3-5-15;5-3(6)1-2-4(7)8/h1-9,16H,10-14H2;1-2H,(H,5,6)(H,7,8)/b;2-1-. The molecule has 3 rings (SSSR count). The number of hydrogen-bond acceptors (Lipinski definition) is 4. The molecule has 2 aromatic carbocycles. The first kappa shape index (κ1) is 23.0. The molecule has 0 aromatic heterocycles. The van der Waals surface area contributed by atoms with Gasteiger partial charge in [0.25, 0.3) is 0 Å². The molecule has 2 N–H and O–H groups in total. The van der Waals surface area contributed by atoms with Crippen LogP contribution >= 0.6 is 0 Å². The van der Waals surface area contributed by atoms with Crippen LogP contribution in [0.5, 0.6) is 0 Å². The fourth-order valence-electron chi connectivity index (χ4n) is 3.22. The second-order valence-corrected chi connectivity index (χ2v) is 7.02. The SMILES string of the molecule is O=C(CC1CCN(Cc2ccccc2)C1)c1ccc(F)cc1.O=C(O)/C=C\C(=O)O. The zero-order valence-electron chi connectivity index (χ0n) is 16.4. The zero-order valence-corrected chi connectivity index (χ0v) is 16.4. The van der Waals surface area contributed by atoms with Crippen molar-refractivity contribution in [2.45, 2.75) is 19.4 Å². The number of carboxylic acids is 2. The number of Topliss-reactive ketones (excluding diaryl/α,β-unsaturated/α-hetero) is 1. The molecule has 1 heterocycles. The van der Waals surface area contributed by atoms with Crippen molar-refractivity contribution < 1.29 is 29.0 Å². The van der Waals surface area contributed by atoms with Crippen molar-refractivity contribution in [2.75, 3.05) is 13.1 Å². The Bertz CT molecular complexity index is 864. The second kappa shape index (κ2) is 11.6. The van der Waals surface area contributed by atoms with E-state index in [-0.39, 0.29) is 11.6 Å². The summed E-state index contributed by atoms with van der Waals surface area (Å²) < 4.78 is 12.9. The minimum atomic E-state index is -1.26. The molecular formula is C23H24FNO5. The van der Waals surface area contributed by atoms with Crippen molar-refractivity contribution in [3.8, 4) is 0 Å². The predicted octanol–water partition coefficient (Wildman–Crippen LogP) is 3.63. The number of rotatable bonds is 7. The van der Waals surface area contributed by atoms with Crippen molar-refractivity contribution >= 4 is 17.7 Å². The van der Waals surface area contributed by atoms with Gasteiger partial charge in [-0.05, 0) is 48.7 Å². The van der Waals surface area contributed by atoms with Crippen LogP contribution in [0.1, 0.15) is 28.8 Å². The van der Waals surface area contributed by atoms with Crippen molar-refractivity contribution in [2.24, 2.45) is 5.92 Å². The fraction of sp³-hybridized carbons (Fsp3) is 0.261. The van der Waals surface area contributed by atoms with Gasteiger partial charge in [0.2, 0.25) is 0 Å². The van der Waals surface area contributed by atoms with E-state index < -0.39 is 11.9 Å². The van der Waals surface area contributed by atoms with E-state index in [0.29, 0.717) is 30.1 Å². The average molecular weight is 413 g/mol. The summed E-state index contributed by atoms with van der Waals surface area (Å²) >= 11 is 0. The summed E-state index contributed by atoms with van der Waals surface area (Å²) in [6.07, 6.45) is 2.72. The number of carbonyl (C=O) groups is 3. The summed E-state index contributed by atoms with van der Waals surface area (Å²) in [6, 6.07) is 16.3. The molecule has 1 atom stereocenters. The first-order valence-corrected chi connectivity index (χ1v) is 9.52. The van der Waals surface area contributed by atoms with Gasteiger partial charge >= 0.3 is 11.9 Å². The molecule has 1 unspecified atom stereocenters. The molecule has 0 saturated carbocycles. The Labute approximate surface area is 174 Å². The molecule has 30 heavy (non-hydrogen) atoms. The van der Waals surface area contributed by atoms with Crippen LogP contribution < -0.4 is 0 Å². The normalized spacial score (nSPS) is 16.1. The Morgan fingerprint density at radius 2 is 1.57 bits per heavy atom. The molecule has 2 aromatic rings. The van der Waals surface area contributed by atoms with Gasteiger partial charge in [0.1, 0.15) is 5.82 Å². The Kier molecular flexibility index (Phi) is 8.90. The first-order valence-electron chi connectivity index (χ1n) is 9.52. The van der Waals surface area contributed by atoms with E-state index in [0.717, 1.165) is 26.1 Å². The Balaban J connectivity index is 0.000000343. The van der Waals surface area contributed by atoms with Crippen LogP contribution in [0.25, 0.3) is 0 Å². The monoisotopic (exact) mass is 413 g/mol. The van der Waals surface area contributed by atoms with Gasteiger partial charge in [-0.15, -0.1) is 0 Å². The van der Waals surface area contributed by atoms with Crippen LogP contribution in [0.2, 0.25) is 0 Å². The van der Waals surface area contributed by atoms with E-state index in [1.165, 1.54) is 17.7 Å². The Hall–Kier alpha value is -3.32. The van der Waals surface area contributed by atoms with Crippen molar-refractivity contribution in [1.29, 1.82) is 0 Å². The highest BCUT2D eigenvalue weighted by Gasteiger charge is 2.24. The number of hydrogen-bond donors (Lipinski definition) is 2. The van der Waals surface area contributed by atoms with E-state index >= 15 is 0 Å². The summed E-state index contributed by atoms with van der Waals surface area (Å²) in [7, 11) is 0. The summed E-state index contributed by atoms with van der Waals surface area (Å²) in [5, 5.41) is 15.6. The number of nitrogens with zero attached hydrogens (tertiary/aromatic N) is 1. The molecule has 158 valence electrons. The number of carbonyl (C=O) groups excluding carboxylic acids is 1. The second-order valence-electron chi connectivity index (χ2n) is 7.02. The molecule has 1 aliphatic rings. The molecule has 0 spiro atoms. The van der Waals surface area contributed by atoms with Gasteiger partial charge in [0.05, 0.1) is 0 Å². The van der Waals surface area contributed by atoms with E-state index in [1.807, 2.05) is 6.07 Å². The van der Waals surface area contributed by atoms with Gasteiger partial charge in [0, 0.05) is 37.2 Å². The van der Waals surface area contributed by atoms with Crippen molar-refractivity contribution in [1.82, 2.24) is 4.90 Å². The van der Waals surface area contributed by atoms with Crippen molar-refractivity contribution in [3.63, 3.8) is 0 Å². The minimum absolute atomic E-state index is 0.117. The van der Waals surface area contributed by atoms with Crippen LogP contribution in [0.3, 0.4) is 0 Å². The van der Waals surface area contributed by atoms with Crippen LogP contribution in [0.15, 0.2) is 66.7 Å². The molecule has 1 fully saturated rings. The van der Waals surface area contributed by atoms with Gasteiger partial charge < -0.3 is 10.2 Å². The maximum atomic E-state index is 12.9. The highest BCUT2D eigenvalue weighted by atomic mass is 19.1. The number of aliphatic carboxylic acids is 2. The highest BCUT2D eigenvalue weighted by Crippen LogP contribution is 2.23. The lowest BCUT2D eigenvalue weighted by Crippen LogP contribution is -2.20. The van der Waals surface area contributed by atoms with Gasteiger partial charge in [-0.2, -0.15) is 0 Å². The summed E-state index contributed by atoms with van der Waals surface area (Å²) in [4.78, 5) is 33.7. The van der Waals surface area contributed by atoms with Gasteiger partial charge in [-0.25, -0.2) is 14.0 Å². The molecule has 0 bridgehead atoms. The largest absolute Gasteiger partial charge is 0.478 e. The number of halogens is 1. The molecular weight excluding hydrogens is 389 g/mol. The minimum Gasteiger partial charge on any atom is -0.478 e. The molecule has 1 aliphatic heterocycles. The molecule has 6 nitrogen and oxygen atoms in total. The van der Waals surface area contributed by atoms with E-state index in [9.17, 15) is 18.8 Å². The summed E-state index contributed by atoms with van der Waals surface area (Å²) in [6.45, 7) is 2.94. The zero-order chi connectivity index (χ0) is 21.9. The molecule has 1 saturated heterocycles. The number of likely N-dealkylation sites (tertiary alicyclic amines) is 1. The van der Waals surface area contributed by atoms with E-state index in [4.69, 9.17) is 10.2 Å². The smallest absolute Gasteiger partial charge is 0.328 e. The highest BCUT2D eigenvalue weighted by molar-refractivity contribution is 5.96. The number of benzene rings is 2. The lowest BCUT2D eigenvalue weighted by molar-refractivity contribution is -0.134. The maximum absolute atomic E-state index is 12.9.